The van der Waals surface area contributed by atoms with E-state index in [9.17, 15) is 23.3 Å². The molecule has 3 aromatic rings. The van der Waals surface area contributed by atoms with Gasteiger partial charge in [0.1, 0.15) is 5.75 Å². The van der Waals surface area contributed by atoms with Crippen molar-refractivity contribution in [2.75, 3.05) is 0 Å². The van der Waals surface area contributed by atoms with Crippen LogP contribution in [0.4, 0.5) is 24.5 Å². The Morgan fingerprint density at radius 2 is 1.77 bits per heavy atom. The summed E-state index contributed by atoms with van der Waals surface area (Å²) in [5.74, 6) is -0.232. The Balaban J connectivity index is 2.01. The minimum Gasteiger partial charge on any atom is -0.449 e. The van der Waals surface area contributed by atoms with Gasteiger partial charge in [0.2, 0.25) is 5.75 Å². The highest BCUT2D eigenvalue weighted by molar-refractivity contribution is 6.31. The number of hydrogen-bond donors (Lipinski definition) is 0. The standard InChI is InChI=1S/C21H13Cl2F3N2O3/c1-12-16(23)3-2-4-17(12)27-11-13-9-15(22)6-8-19(13)31-20-7-5-14(21(24,25)26)10-18(20)28(29)30/h2-11H,1H3. The fourth-order valence-electron chi connectivity index (χ4n) is 2.63. The van der Waals surface area contributed by atoms with E-state index in [0.717, 1.165) is 11.6 Å². The molecule has 0 saturated carbocycles. The average molecular weight is 469 g/mol. The normalized spacial score (nSPS) is 11.7. The lowest BCUT2D eigenvalue weighted by Crippen LogP contribution is -2.06. The first-order valence-electron chi connectivity index (χ1n) is 8.68. The largest absolute Gasteiger partial charge is 0.449 e. The number of nitro groups is 1. The van der Waals surface area contributed by atoms with Crippen molar-refractivity contribution in [1.82, 2.24) is 0 Å². The molecular weight excluding hydrogens is 456 g/mol. The van der Waals surface area contributed by atoms with E-state index in [4.69, 9.17) is 27.9 Å². The minimum atomic E-state index is -4.73. The van der Waals surface area contributed by atoms with Crippen molar-refractivity contribution in [3.63, 3.8) is 0 Å². The Bertz CT molecular complexity index is 1180. The number of nitrogens with zero attached hydrogens (tertiary/aromatic N) is 2. The maximum Gasteiger partial charge on any atom is 0.416 e. The van der Waals surface area contributed by atoms with Crippen LogP contribution in [0.5, 0.6) is 11.5 Å². The quantitative estimate of drug-likeness (QED) is 0.218. The van der Waals surface area contributed by atoms with E-state index >= 15 is 0 Å². The highest BCUT2D eigenvalue weighted by Gasteiger charge is 2.33. The van der Waals surface area contributed by atoms with Gasteiger partial charge in [0.25, 0.3) is 0 Å². The predicted octanol–water partition coefficient (Wildman–Crippen LogP) is 7.77. The van der Waals surface area contributed by atoms with Crippen molar-refractivity contribution >= 4 is 40.8 Å². The lowest BCUT2D eigenvalue weighted by Gasteiger charge is -2.12. The molecule has 0 atom stereocenters. The van der Waals surface area contributed by atoms with Gasteiger partial charge in [-0.05, 0) is 55.0 Å². The number of rotatable bonds is 5. The molecule has 0 aliphatic rings. The molecule has 0 heterocycles. The van der Waals surface area contributed by atoms with Crippen LogP contribution < -0.4 is 4.74 Å². The minimum absolute atomic E-state index is 0.121. The zero-order valence-corrected chi connectivity index (χ0v) is 17.3. The van der Waals surface area contributed by atoms with Crippen LogP contribution in [0.1, 0.15) is 16.7 Å². The molecule has 0 aromatic heterocycles. The van der Waals surface area contributed by atoms with Crippen LogP contribution in [0.25, 0.3) is 0 Å². The number of halogens is 5. The zero-order valence-electron chi connectivity index (χ0n) is 15.8. The van der Waals surface area contributed by atoms with E-state index in [1.807, 2.05) is 0 Å². The number of nitro benzene ring substituents is 1. The monoisotopic (exact) mass is 468 g/mol. The highest BCUT2D eigenvalue weighted by atomic mass is 35.5. The van der Waals surface area contributed by atoms with E-state index in [2.05, 4.69) is 4.99 Å². The van der Waals surface area contributed by atoms with Gasteiger partial charge in [-0.3, -0.25) is 15.1 Å². The molecule has 0 radical (unpaired) electrons. The lowest BCUT2D eigenvalue weighted by atomic mass is 10.1. The number of ether oxygens (including phenoxy) is 1. The second kappa shape index (κ2) is 8.95. The average Bonchev–Trinajstić information content (AvgIpc) is 2.70. The maximum absolute atomic E-state index is 12.9. The highest BCUT2D eigenvalue weighted by Crippen LogP contribution is 2.38. The molecule has 0 aliphatic carbocycles. The Labute approximate surface area is 184 Å². The fraction of sp³-hybridized carbons (Fsp3) is 0.0952. The third kappa shape index (κ3) is 5.34. The van der Waals surface area contributed by atoms with Crippen molar-refractivity contribution in [2.45, 2.75) is 13.1 Å². The molecular formula is C21H13Cl2F3N2O3. The topological polar surface area (TPSA) is 64.7 Å². The van der Waals surface area contributed by atoms with Gasteiger partial charge >= 0.3 is 11.9 Å². The van der Waals surface area contributed by atoms with Crippen LogP contribution >= 0.6 is 23.2 Å². The molecule has 3 aromatic carbocycles. The Morgan fingerprint density at radius 3 is 2.45 bits per heavy atom. The maximum atomic E-state index is 12.9. The molecule has 0 amide bonds. The van der Waals surface area contributed by atoms with Crippen LogP contribution in [0.3, 0.4) is 0 Å². The Kier molecular flexibility index (Phi) is 6.52. The van der Waals surface area contributed by atoms with E-state index in [1.165, 1.54) is 24.4 Å². The van der Waals surface area contributed by atoms with Crippen molar-refractivity contribution in [2.24, 2.45) is 4.99 Å². The summed E-state index contributed by atoms with van der Waals surface area (Å²) >= 11 is 12.1. The smallest absolute Gasteiger partial charge is 0.416 e. The summed E-state index contributed by atoms with van der Waals surface area (Å²) in [5.41, 5.74) is -0.289. The summed E-state index contributed by atoms with van der Waals surface area (Å²) in [5, 5.41) is 12.2. The molecule has 10 heteroatoms. The van der Waals surface area contributed by atoms with Crippen LogP contribution in [0, 0.1) is 17.0 Å². The molecule has 0 spiro atoms. The lowest BCUT2D eigenvalue weighted by molar-refractivity contribution is -0.385. The van der Waals surface area contributed by atoms with Gasteiger partial charge in [0, 0.05) is 27.9 Å². The molecule has 0 N–H and O–H groups in total. The molecule has 0 fully saturated rings. The molecule has 5 nitrogen and oxygen atoms in total. The molecule has 0 saturated heterocycles. The first-order valence-corrected chi connectivity index (χ1v) is 9.44. The van der Waals surface area contributed by atoms with Crippen LogP contribution in [0.15, 0.2) is 59.6 Å². The number of benzene rings is 3. The van der Waals surface area contributed by atoms with Crippen molar-refractivity contribution < 1.29 is 22.8 Å². The van der Waals surface area contributed by atoms with Gasteiger partial charge in [0.15, 0.2) is 0 Å². The molecule has 160 valence electrons. The van der Waals surface area contributed by atoms with E-state index in [1.54, 1.807) is 25.1 Å². The number of alkyl halides is 3. The Morgan fingerprint density at radius 1 is 1.06 bits per heavy atom. The number of hydrogen-bond acceptors (Lipinski definition) is 4. The molecule has 0 bridgehead atoms. The summed E-state index contributed by atoms with van der Waals surface area (Å²) in [7, 11) is 0. The van der Waals surface area contributed by atoms with Gasteiger partial charge in [0.05, 0.1) is 16.2 Å². The Hall–Kier alpha value is -3.10. The summed E-state index contributed by atoms with van der Waals surface area (Å²) in [6.45, 7) is 1.79. The molecule has 31 heavy (non-hydrogen) atoms. The van der Waals surface area contributed by atoms with E-state index < -0.39 is 22.4 Å². The van der Waals surface area contributed by atoms with Crippen LogP contribution in [-0.2, 0) is 6.18 Å². The van der Waals surface area contributed by atoms with Gasteiger partial charge < -0.3 is 4.74 Å². The number of aliphatic imine (C=N–C) groups is 1. The fourth-order valence-corrected chi connectivity index (χ4v) is 2.98. The van der Waals surface area contributed by atoms with Crippen LogP contribution in [0.2, 0.25) is 10.0 Å². The SMILES string of the molecule is Cc1c(Cl)cccc1N=Cc1cc(Cl)ccc1Oc1ccc(C(F)(F)F)cc1[N+](=O)[O-]. The van der Waals surface area contributed by atoms with Gasteiger partial charge in [-0.1, -0.05) is 29.3 Å². The first kappa shape index (κ1) is 22.6. The van der Waals surface area contributed by atoms with Crippen molar-refractivity contribution in [3.05, 3.63) is 91.4 Å². The zero-order chi connectivity index (χ0) is 22.8. The third-order valence-electron chi connectivity index (χ3n) is 4.26. The summed E-state index contributed by atoms with van der Waals surface area (Å²) in [4.78, 5) is 14.7. The first-order chi connectivity index (χ1) is 14.6. The molecule has 3 rings (SSSR count). The van der Waals surface area contributed by atoms with Crippen molar-refractivity contribution in [3.8, 4) is 11.5 Å². The van der Waals surface area contributed by atoms with Crippen molar-refractivity contribution in [1.29, 1.82) is 0 Å². The predicted molar refractivity (Wildman–Crippen MR) is 113 cm³/mol. The van der Waals surface area contributed by atoms with Gasteiger partial charge in [-0.2, -0.15) is 13.2 Å². The van der Waals surface area contributed by atoms with E-state index in [0.29, 0.717) is 33.4 Å². The molecule has 0 unspecified atom stereocenters. The summed E-state index contributed by atoms with van der Waals surface area (Å²) in [6.07, 6.45) is -3.30. The second-order valence-corrected chi connectivity index (χ2v) is 7.21. The van der Waals surface area contributed by atoms with Gasteiger partial charge in [-0.25, -0.2) is 0 Å². The molecule has 0 aliphatic heterocycles. The van der Waals surface area contributed by atoms with Gasteiger partial charge in [-0.15, -0.1) is 0 Å². The second-order valence-electron chi connectivity index (χ2n) is 6.36. The third-order valence-corrected chi connectivity index (χ3v) is 4.90. The van der Waals surface area contributed by atoms with E-state index in [-0.39, 0.29) is 11.5 Å². The summed E-state index contributed by atoms with van der Waals surface area (Å²) < 4.78 is 44.3. The van der Waals surface area contributed by atoms with Crippen LogP contribution in [-0.4, -0.2) is 11.1 Å². The summed E-state index contributed by atoms with van der Waals surface area (Å²) in [6, 6.07) is 11.6.